The standard InChI is InChI=1S/C18H19NO6/c20-9-14-15(21)16(22)17(23)18(24-14)8-13(19-25-18)12-6-5-10-3-1-2-4-11(10)7-12/h1-7,14-17,20-23H,8-9H2/t14-,15-,16+,17-,18?/m1/s1. The fraction of sp³-hybridized carbons (Fsp3) is 0.389. The minimum absolute atomic E-state index is 0.0901. The van der Waals surface area contributed by atoms with E-state index in [2.05, 4.69) is 5.16 Å². The van der Waals surface area contributed by atoms with Crippen molar-refractivity contribution in [3.05, 3.63) is 48.0 Å². The first-order valence-corrected chi connectivity index (χ1v) is 8.11. The molecule has 2 aliphatic heterocycles. The molecule has 0 saturated carbocycles. The van der Waals surface area contributed by atoms with Crippen LogP contribution in [0, 0.1) is 0 Å². The van der Waals surface area contributed by atoms with Crippen molar-refractivity contribution in [2.24, 2.45) is 5.16 Å². The SMILES string of the molecule is OC[C@H]1OC2(CC(c3ccc4ccccc4c3)=NO2)[C@H](O)[C@@H](O)[C@@H]1O. The number of hydrogen-bond donors (Lipinski definition) is 4. The van der Waals surface area contributed by atoms with Crippen molar-refractivity contribution in [2.75, 3.05) is 6.61 Å². The molecule has 132 valence electrons. The van der Waals surface area contributed by atoms with E-state index < -0.39 is 36.8 Å². The van der Waals surface area contributed by atoms with Crippen LogP contribution in [0.5, 0.6) is 0 Å². The molecule has 7 heteroatoms. The fourth-order valence-electron chi connectivity index (χ4n) is 3.38. The first-order chi connectivity index (χ1) is 12.0. The Bertz CT molecular complexity index is 822. The third kappa shape index (κ3) is 2.61. The topological polar surface area (TPSA) is 112 Å². The van der Waals surface area contributed by atoms with Gasteiger partial charge in [0, 0.05) is 5.56 Å². The summed E-state index contributed by atoms with van der Waals surface area (Å²) in [5, 5.41) is 45.7. The van der Waals surface area contributed by atoms with Crippen LogP contribution in [0.4, 0.5) is 0 Å². The van der Waals surface area contributed by atoms with Crippen LogP contribution in [0.2, 0.25) is 0 Å². The van der Waals surface area contributed by atoms with Crippen LogP contribution in [-0.4, -0.2) is 62.9 Å². The highest BCUT2D eigenvalue weighted by Gasteiger charge is 2.58. The average molecular weight is 345 g/mol. The normalized spacial score (nSPS) is 35.0. The van der Waals surface area contributed by atoms with Gasteiger partial charge >= 0.3 is 0 Å². The number of aliphatic hydroxyl groups is 4. The third-order valence-electron chi connectivity index (χ3n) is 4.84. The van der Waals surface area contributed by atoms with Crippen molar-refractivity contribution in [3.63, 3.8) is 0 Å². The Morgan fingerprint density at radius 1 is 1.04 bits per heavy atom. The van der Waals surface area contributed by atoms with E-state index in [4.69, 9.17) is 9.57 Å². The second-order valence-corrected chi connectivity index (χ2v) is 6.44. The van der Waals surface area contributed by atoms with Crippen LogP contribution in [0.1, 0.15) is 12.0 Å². The van der Waals surface area contributed by atoms with E-state index in [0.717, 1.165) is 16.3 Å². The molecule has 1 saturated heterocycles. The molecule has 4 N–H and O–H groups in total. The first-order valence-electron chi connectivity index (χ1n) is 8.11. The summed E-state index contributed by atoms with van der Waals surface area (Å²) in [6, 6.07) is 13.7. The van der Waals surface area contributed by atoms with E-state index in [0.29, 0.717) is 5.71 Å². The van der Waals surface area contributed by atoms with E-state index in [1.165, 1.54) is 0 Å². The van der Waals surface area contributed by atoms with Crippen LogP contribution >= 0.6 is 0 Å². The first kappa shape index (κ1) is 16.4. The van der Waals surface area contributed by atoms with Gasteiger partial charge in [0.15, 0.2) is 6.10 Å². The summed E-state index contributed by atoms with van der Waals surface area (Å²) < 4.78 is 5.57. The molecule has 0 bridgehead atoms. The summed E-state index contributed by atoms with van der Waals surface area (Å²) >= 11 is 0. The molecule has 1 unspecified atom stereocenters. The number of fused-ring (bicyclic) bond motifs is 1. The zero-order chi connectivity index (χ0) is 17.6. The molecule has 5 atom stereocenters. The number of aliphatic hydroxyl groups excluding tert-OH is 4. The van der Waals surface area contributed by atoms with Gasteiger partial charge in [0.25, 0.3) is 5.79 Å². The molecule has 0 radical (unpaired) electrons. The second-order valence-electron chi connectivity index (χ2n) is 6.44. The fourth-order valence-corrected chi connectivity index (χ4v) is 3.38. The van der Waals surface area contributed by atoms with E-state index >= 15 is 0 Å². The number of oxime groups is 1. The van der Waals surface area contributed by atoms with Crippen molar-refractivity contribution >= 4 is 16.5 Å². The molecule has 0 amide bonds. The van der Waals surface area contributed by atoms with Crippen LogP contribution in [0.3, 0.4) is 0 Å². The summed E-state index contributed by atoms with van der Waals surface area (Å²) in [5.74, 6) is -1.62. The second kappa shape index (κ2) is 6.05. The van der Waals surface area contributed by atoms with Gasteiger partial charge in [-0.15, -0.1) is 0 Å². The van der Waals surface area contributed by atoms with Gasteiger partial charge in [0.1, 0.15) is 18.3 Å². The van der Waals surface area contributed by atoms with E-state index in [9.17, 15) is 20.4 Å². The Morgan fingerprint density at radius 3 is 2.56 bits per heavy atom. The van der Waals surface area contributed by atoms with Crippen molar-refractivity contribution in [3.8, 4) is 0 Å². The average Bonchev–Trinajstić information content (AvgIpc) is 3.08. The number of hydrogen-bond acceptors (Lipinski definition) is 7. The molecule has 4 rings (SSSR count). The van der Waals surface area contributed by atoms with Crippen LogP contribution in [-0.2, 0) is 9.57 Å². The van der Waals surface area contributed by atoms with Gasteiger partial charge in [-0.1, -0.05) is 41.6 Å². The molecule has 7 nitrogen and oxygen atoms in total. The lowest BCUT2D eigenvalue weighted by atomic mass is 9.88. The molecule has 2 aromatic rings. The molecule has 2 aliphatic rings. The number of benzene rings is 2. The smallest absolute Gasteiger partial charge is 0.271 e. The van der Waals surface area contributed by atoms with Gasteiger partial charge in [-0.2, -0.15) is 0 Å². The largest absolute Gasteiger partial charge is 0.394 e. The van der Waals surface area contributed by atoms with E-state index in [1.807, 2.05) is 42.5 Å². The van der Waals surface area contributed by atoms with Crippen molar-refractivity contribution in [1.82, 2.24) is 0 Å². The zero-order valence-electron chi connectivity index (χ0n) is 13.3. The van der Waals surface area contributed by atoms with Crippen LogP contribution in [0.25, 0.3) is 10.8 Å². The van der Waals surface area contributed by atoms with Gasteiger partial charge in [-0.25, -0.2) is 0 Å². The molecular formula is C18H19NO6. The molecule has 0 aromatic heterocycles. The molecular weight excluding hydrogens is 326 g/mol. The Morgan fingerprint density at radius 2 is 1.80 bits per heavy atom. The minimum atomic E-state index is -1.62. The van der Waals surface area contributed by atoms with E-state index in [-0.39, 0.29) is 6.42 Å². The van der Waals surface area contributed by atoms with Gasteiger partial charge in [-0.3, -0.25) is 0 Å². The molecule has 1 spiro atoms. The summed E-state index contributed by atoms with van der Waals surface area (Å²) in [5.41, 5.74) is 1.37. The number of rotatable bonds is 2. The predicted octanol–water partition coefficient (Wildman–Crippen LogP) is 0.134. The Balaban J connectivity index is 1.62. The van der Waals surface area contributed by atoms with E-state index in [1.54, 1.807) is 0 Å². The lowest BCUT2D eigenvalue weighted by Crippen LogP contribution is -2.65. The maximum absolute atomic E-state index is 10.3. The van der Waals surface area contributed by atoms with Gasteiger partial charge < -0.3 is 30.0 Å². The number of nitrogens with zero attached hydrogens (tertiary/aromatic N) is 1. The van der Waals surface area contributed by atoms with Crippen LogP contribution in [0.15, 0.2) is 47.6 Å². The summed E-state index contributed by atoms with van der Waals surface area (Å²) in [7, 11) is 0. The molecule has 0 aliphatic carbocycles. The molecule has 25 heavy (non-hydrogen) atoms. The van der Waals surface area contributed by atoms with Gasteiger partial charge in [0.05, 0.1) is 18.7 Å². The Kier molecular flexibility index (Phi) is 3.98. The maximum Gasteiger partial charge on any atom is 0.271 e. The quantitative estimate of drug-likeness (QED) is 0.616. The summed E-state index contributed by atoms with van der Waals surface area (Å²) in [6.07, 6.45) is -5.38. The Labute approximate surface area is 143 Å². The van der Waals surface area contributed by atoms with Crippen molar-refractivity contribution < 1.29 is 30.0 Å². The highest BCUT2D eigenvalue weighted by Crippen LogP contribution is 2.39. The van der Waals surface area contributed by atoms with Crippen molar-refractivity contribution in [1.29, 1.82) is 0 Å². The van der Waals surface area contributed by atoms with Crippen molar-refractivity contribution in [2.45, 2.75) is 36.6 Å². The molecule has 1 fully saturated rings. The zero-order valence-corrected chi connectivity index (χ0v) is 13.3. The van der Waals surface area contributed by atoms with Crippen LogP contribution < -0.4 is 0 Å². The summed E-state index contributed by atoms with van der Waals surface area (Å²) in [6.45, 7) is -0.513. The van der Waals surface area contributed by atoms with Gasteiger partial charge in [-0.05, 0) is 16.8 Å². The monoisotopic (exact) mass is 345 g/mol. The third-order valence-corrected chi connectivity index (χ3v) is 4.84. The summed E-state index contributed by atoms with van der Waals surface area (Å²) in [4.78, 5) is 5.36. The minimum Gasteiger partial charge on any atom is -0.394 e. The molecule has 2 aromatic carbocycles. The highest BCUT2D eigenvalue weighted by atomic mass is 16.8. The lowest BCUT2D eigenvalue weighted by molar-refractivity contribution is -0.355. The van der Waals surface area contributed by atoms with Gasteiger partial charge in [0.2, 0.25) is 0 Å². The maximum atomic E-state index is 10.3. The molecule has 2 heterocycles. The lowest BCUT2D eigenvalue weighted by Gasteiger charge is -2.44. The highest BCUT2D eigenvalue weighted by molar-refractivity contribution is 6.04. The number of ether oxygens (including phenoxy) is 1. The Hall–Kier alpha value is -2.03. The predicted molar refractivity (Wildman–Crippen MR) is 88.9 cm³/mol.